The van der Waals surface area contributed by atoms with E-state index >= 15 is 0 Å². The summed E-state index contributed by atoms with van der Waals surface area (Å²) < 4.78 is 5.94. The number of carbonyl (C=O) groups is 1. The standard InChI is InChI=1S/C26H29ClN4O3/c1-16(34-24-14-19(27)15-29-25(24)28)17-6-4-9-21(12-17)31-26(33)18-7-5-8-20(13-18)30-22-10-2-3-11-23(22)32/h4-9,12-16,22-23,30,32H,2-3,10-11H2,1H3,(H2,28,29)(H,31,33)/t16-,22?,23?/m1/s1. The van der Waals surface area contributed by atoms with E-state index in [0.717, 1.165) is 36.9 Å². The van der Waals surface area contributed by atoms with Gasteiger partial charge in [-0.05, 0) is 55.7 Å². The number of nitrogens with two attached hydrogens (primary N) is 1. The maximum absolute atomic E-state index is 12.9. The molecule has 1 saturated carbocycles. The number of carbonyl (C=O) groups excluding carboxylic acids is 1. The highest BCUT2D eigenvalue weighted by Gasteiger charge is 2.23. The molecule has 1 aromatic heterocycles. The normalized spacial score (nSPS) is 18.7. The molecule has 178 valence electrons. The van der Waals surface area contributed by atoms with Crippen LogP contribution in [0.3, 0.4) is 0 Å². The van der Waals surface area contributed by atoms with E-state index in [0.29, 0.717) is 22.0 Å². The maximum Gasteiger partial charge on any atom is 0.255 e. The number of aliphatic hydroxyl groups excluding tert-OH is 1. The summed E-state index contributed by atoms with van der Waals surface area (Å²) in [5, 5.41) is 17.0. The molecule has 0 saturated heterocycles. The molecule has 7 nitrogen and oxygen atoms in total. The zero-order valence-electron chi connectivity index (χ0n) is 19.0. The molecule has 0 aliphatic heterocycles. The molecule has 1 aliphatic rings. The smallest absolute Gasteiger partial charge is 0.255 e. The average molecular weight is 481 g/mol. The molecule has 3 aromatic rings. The van der Waals surface area contributed by atoms with Crippen molar-refractivity contribution >= 4 is 34.7 Å². The number of rotatable bonds is 7. The van der Waals surface area contributed by atoms with Gasteiger partial charge in [0.2, 0.25) is 0 Å². The summed E-state index contributed by atoms with van der Waals surface area (Å²) in [6.45, 7) is 1.89. The fourth-order valence-corrected chi connectivity index (χ4v) is 4.25. The van der Waals surface area contributed by atoms with Gasteiger partial charge >= 0.3 is 0 Å². The molecule has 4 rings (SSSR count). The molecule has 1 amide bonds. The molecule has 0 spiro atoms. The Morgan fingerprint density at radius 1 is 1.15 bits per heavy atom. The Kier molecular flexibility index (Phi) is 7.55. The average Bonchev–Trinajstić information content (AvgIpc) is 2.83. The fourth-order valence-electron chi connectivity index (χ4n) is 4.10. The van der Waals surface area contributed by atoms with Crippen LogP contribution in [0.15, 0.2) is 60.8 Å². The number of anilines is 3. The second kappa shape index (κ2) is 10.8. The van der Waals surface area contributed by atoms with Crippen molar-refractivity contribution in [2.45, 2.75) is 50.9 Å². The summed E-state index contributed by atoms with van der Waals surface area (Å²) in [7, 11) is 0. The fraction of sp³-hybridized carbons (Fsp3) is 0.308. The molecule has 1 heterocycles. The number of ether oxygens (including phenoxy) is 1. The van der Waals surface area contributed by atoms with Crippen molar-refractivity contribution in [2.24, 2.45) is 0 Å². The van der Waals surface area contributed by atoms with Crippen LogP contribution in [0, 0.1) is 0 Å². The van der Waals surface area contributed by atoms with E-state index in [1.807, 2.05) is 43.3 Å². The molecule has 34 heavy (non-hydrogen) atoms. The van der Waals surface area contributed by atoms with E-state index in [2.05, 4.69) is 15.6 Å². The predicted octanol–water partition coefficient (Wildman–Crippen LogP) is 5.42. The van der Waals surface area contributed by atoms with Gasteiger partial charge in [-0.1, -0.05) is 42.6 Å². The predicted molar refractivity (Wildman–Crippen MR) is 135 cm³/mol. The third-order valence-corrected chi connectivity index (χ3v) is 6.18. The molecular formula is C26H29ClN4O3. The van der Waals surface area contributed by atoms with Crippen LogP contribution in [-0.4, -0.2) is 28.1 Å². The van der Waals surface area contributed by atoms with Gasteiger partial charge in [0.1, 0.15) is 6.10 Å². The molecule has 0 radical (unpaired) electrons. The zero-order chi connectivity index (χ0) is 24.1. The second-order valence-electron chi connectivity index (χ2n) is 8.56. The number of nitrogens with zero attached hydrogens (tertiary/aromatic N) is 1. The molecule has 8 heteroatoms. The number of benzene rings is 2. The lowest BCUT2D eigenvalue weighted by molar-refractivity contribution is 0.102. The topological polar surface area (TPSA) is 110 Å². The van der Waals surface area contributed by atoms with Crippen molar-refractivity contribution in [3.8, 4) is 5.75 Å². The van der Waals surface area contributed by atoms with Crippen molar-refractivity contribution in [3.05, 3.63) is 76.9 Å². The minimum absolute atomic E-state index is 0.00830. The van der Waals surface area contributed by atoms with Crippen LogP contribution in [0.4, 0.5) is 17.2 Å². The van der Waals surface area contributed by atoms with E-state index in [1.54, 1.807) is 18.2 Å². The monoisotopic (exact) mass is 480 g/mol. The number of halogens is 1. The molecule has 2 unspecified atom stereocenters. The lowest BCUT2D eigenvalue weighted by Crippen LogP contribution is -2.36. The molecule has 1 aliphatic carbocycles. The summed E-state index contributed by atoms with van der Waals surface area (Å²) in [5.41, 5.74) is 8.75. The van der Waals surface area contributed by atoms with Crippen molar-refractivity contribution in [1.82, 2.24) is 4.98 Å². The number of hydrogen-bond donors (Lipinski definition) is 4. The van der Waals surface area contributed by atoms with Crippen molar-refractivity contribution in [1.29, 1.82) is 0 Å². The van der Waals surface area contributed by atoms with E-state index in [1.165, 1.54) is 6.20 Å². The summed E-state index contributed by atoms with van der Waals surface area (Å²) in [5.74, 6) is 0.443. The van der Waals surface area contributed by atoms with Gasteiger partial charge in [-0.15, -0.1) is 0 Å². The number of amides is 1. The number of aliphatic hydroxyl groups is 1. The first-order valence-corrected chi connectivity index (χ1v) is 11.8. The zero-order valence-corrected chi connectivity index (χ0v) is 19.8. The molecular weight excluding hydrogens is 452 g/mol. The van der Waals surface area contributed by atoms with Crippen LogP contribution in [0.2, 0.25) is 5.02 Å². The Morgan fingerprint density at radius 2 is 1.91 bits per heavy atom. The van der Waals surface area contributed by atoms with E-state index < -0.39 is 0 Å². The summed E-state index contributed by atoms with van der Waals surface area (Å²) >= 11 is 6.00. The van der Waals surface area contributed by atoms with Gasteiger partial charge in [0.05, 0.1) is 17.2 Å². The molecule has 2 aromatic carbocycles. The maximum atomic E-state index is 12.9. The van der Waals surface area contributed by atoms with Gasteiger partial charge in [-0.2, -0.15) is 0 Å². The number of aromatic nitrogens is 1. The van der Waals surface area contributed by atoms with Crippen molar-refractivity contribution < 1.29 is 14.6 Å². The van der Waals surface area contributed by atoms with Gasteiger partial charge in [0.15, 0.2) is 11.6 Å². The first-order chi connectivity index (χ1) is 16.4. The lowest BCUT2D eigenvalue weighted by atomic mass is 9.92. The van der Waals surface area contributed by atoms with Crippen LogP contribution < -0.4 is 21.1 Å². The highest BCUT2D eigenvalue weighted by atomic mass is 35.5. The van der Waals surface area contributed by atoms with E-state index in [4.69, 9.17) is 22.1 Å². The van der Waals surface area contributed by atoms with Gasteiger partial charge in [0.25, 0.3) is 5.91 Å². The Morgan fingerprint density at radius 3 is 2.74 bits per heavy atom. The van der Waals surface area contributed by atoms with E-state index in [-0.39, 0.29) is 30.0 Å². The summed E-state index contributed by atoms with van der Waals surface area (Å²) in [6, 6.07) is 16.4. The minimum Gasteiger partial charge on any atom is -0.482 e. The Labute approximate surface area is 204 Å². The van der Waals surface area contributed by atoms with E-state index in [9.17, 15) is 9.90 Å². The van der Waals surface area contributed by atoms with Crippen molar-refractivity contribution in [2.75, 3.05) is 16.4 Å². The molecule has 1 fully saturated rings. The number of nitrogen functional groups attached to an aromatic ring is 1. The van der Waals surface area contributed by atoms with Gasteiger partial charge in [-0.3, -0.25) is 4.79 Å². The van der Waals surface area contributed by atoms with Gasteiger partial charge in [-0.25, -0.2) is 4.98 Å². The highest BCUT2D eigenvalue weighted by molar-refractivity contribution is 6.30. The Balaban J connectivity index is 1.42. The van der Waals surface area contributed by atoms with Crippen LogP contribution in [0.25, 0.3) is 0 Å². The van der Waals surface area contributed by atoms with Crippen LogP contribution >= 0.6 is 11.6 Å². The first kappa shape index (κ1) is 23.9. The summed E-state index contributed by atoms with van der Waals surface area (Å²) in [4.78, 5) is 16.9. The van der Waals surface area contributed by atoms with Gasteiger partial charge in [0, 0.05) is 29.2 Å². The minimum atomic E-state index is -0.365. The summed E-state index contributed by atoms with van der Waals surface area (Å²) in [6.07, 6.45) is 4.62. The SMILES string of the molecule is C[C@@H](Oc1cc(Cl)cnc1N)c1cccc(NC(=O)c2cccc(NC3CCCCC3O)c2)c1. The van der Waals surface area contributed by atoms with Gasteiger partial charge < -0.3 is 26.2 Å². The number of nitrogens with one attached hydrogen (secondary N) is 2. The first-order valence-electron chi connectivity index (χ1n) is 11.4. The molecule has 3 atom stereocenters. The van der Waals surface area contributed by atoms with Crippen LogP contribution in [0.1, 0.15) is 54.6 Å². The Hall–Kier alpha value is -3.29. The second-order valence-corrected chi connectivity index (χ2v) is 9.00. The molecule has 5 N–H and O–H groups in total. The molecule has 0 bridgehead atoms. The third-order valence-electron chi connectivity index (χ3n) is 5.97. The van der Waals surface area contributed by atoms with Crippen molar-refractivity contribution in [3.63, 3.8) is 0 Å². The Bertz CT molecular complexity index is 1160. The lowest BCUT2D eigenvalue weighted by Gasteiger charge is -2.29. The largest absolute Gasteiger partial charge is 0.482 e. The van der Waals surface area contributed by atoms with Crippen LogP contribution in [-0.2, 0) is 0 Å². The number of hydrogen-bond acceptors (Lipinski definition) is 6. The quantitative estimate of drug-likeness (QED) is 0.359. The number of pyridine rings is 1. The highest BCUT2D eigenvalue weighted by Crippen LogP contribution is 2.29. The van der Waals surface area contributed by atoms with Crippen LogP contribution in [0.5, 0.6) is 5.75 Å². The third kappa shape index (κ3) is 5.98.